The summed E-state index contributed by atoms with van der Waals surface area (Å²) in [4.78, 5) is 22.9. The van der Waals surface area contributed by atoms with Crippen molar-refractivity contribution in [3.63, 3.8) is 0 Å². The third-order valence-corrected chi connectivity index (χ3v) is 3.38. The number of hydrogen-bond donors (Lipinski definition) is 2. The SMILES string of the molecule is CC(C)C[C@H](NC(=O)/C=C/c1c(Cl)cccc1Cl)C(=O)O. The van der Waals surface area contributed by atoms with E-state index in [1.54, 1.807) is 18.2 Å². The van der Waals surface area contributed by atoms with E-state index in [2.05, 4.69) is 5.32 Å². The van der Waals surface area contributed by atoms with Crippen LogP contribution in [-0.4, -0.2) is 23.0 Å². The Labute approximate surface area is 133 Å². The number of carbonyl (C=O) groups excluding carboxylic acids is 1. The molecule has 0 aliphatic rings. The van der Waals surface area contributed by atoms with E-state index < -0.39 is 17.9 Å². The Morgan fingerprint density at radius 2 is 1.86 bits per heavy atom. The second-order valence-corrected chi connectivity index (χ2v) is 5.81. The van der Waals surface area contributed by atoms with E-state index in [1.165, 1.54) is 12.2 Å². The first kappa shape index (κ1) is 17.5. The van der Waals surface area contributed by atoms with Crippen molar-refractivity contribution in [1.82, 2.24) is 5.32 Å². The molecule has 114 valence electrons. The van der Waals surface area contributed by atoms with Gasteiger partial charge in [0.15, 0.2) is 0 Å². The van der Waals surface area contributed by atoms with Gasteiger partial charge in [-0.15, -0.1) is 0 Å². The first-order valence-corrected chi connectivity index (χ1v) is 7.22. The van der Waals surface area contributed by atoms with Gasteiger partial charge in [0.2, 0.25) is 5.91 Å². The van der Waals surface area contributed by atoms with Gasteiger partial charge in [0, 0.05) is 21.7 Å². The molecule has 0 heterocycles. The van der Waals surface area contributed by atoms with Gasteiger partial charge in [0.1, 0.15) is 6.04 Å². The Morgan fingerprint density at radius 1 is 1.29 bits per heavy atom. The molecule has 1 aromatic carbocycles. The van der Waals surface area contributed by atoms with Crippen molar-refractivity contribution >= 4 is 41.2 Å². The summed E-state index contributed by atoms with van der Waals surface area (Å²) in [5, 5.41) is 12.3. The predicted molar refractivity (Wildman–Crippen MR) is 84.5 cm³/mol. The molecule has 0 aliphatic heterocycles. The van der Waals surface area contributed by atoms with E-state index in [0.29, 0.717) is 22.0 Å². The highest BCUT2D eigenvalue weighted by atomic mass is 35.5. The summed E-state index contributed by atoms with van der Waals surface area (Å²) >= 11 is 12.0. The highest BCUT2D eigenvalue weighted by Crippen LogP contribution is 2.25. The minimum atomic E-state index is -1.05. The zero-order valence-corrected chi connectivity index (χ0v) is 13.3. The molecule has 2 N–H and O–H groups in total. The van der Waals surface area contributed by atoms with Crippen molar-refractivity contribution in [2.45, 2.75) is 26.3 Å². The second-order valence-electron chi connectivity index (χ2n) is 5.00. The zero-order valence-electron chi connectivity index (χ0n) is 11.8. The number of carboxylic acids is 1. The van der Waals surface area contributed by atoms with E-state index in [0.717, 1.165) is 0 Å². The van der Waals surface area contributed by atoms with Crippen molar-refractivity contribution in [3.8, 4) is 0 Å². The van der Waals surface area contributed by atoms with E-state index in [-0.39, 0.29) is 5.92 Å². The van der Waals surface area contributed by atoms with Crippen LogP contribution in [0.25, 0.3) is 6.08 Å². The minimum absolute atomic E-state index is 0.161. The maximum atomic E-state index is 11.8. The molecule has 0 aliphatic carbocycles. The summed E-state index contributed by atoms with van der Waals surface area (Å²) in [6, 6.07) is 4.10. The fraction of sp³-hybridized carbons (Fsp3) is 0.333. The molecule has 0 bridgehead atoms. The minimum Gasteiger partial charge on any atom is -0.480 e. The van der Waals surface area contributed by atoms with Crippen molar-refractivity contribution in [2.75, 3.05) is 0 Å². The molecule has 0 saturated heterocycles. The van der Waals surface area contributed by atoms with Crippen LogP contribution in [0.3, 0.4) is 0 Å². The lowest BCUT2D eigenvalue weighted by molar-refractivity contribution is -0.141. The summed E-state index contributed by atoms with van der Waals surface area (Å²) < 4.78 is 0. The Bertz CT molecular complexity index is 536. The molecule has 1 aromatic rings. The summed E-state index contributed by atoms with van der Waals surface area (Å²) in [6.45, 7) is 3.78. The molecule has 4 nitrogen and oxygen atoms in total. The molecule has 0 unspecified atom stereocenters. The summed E-state index contributed by atoms with van der Waals surface area (Å²) in [6.07, 6.45) is 3.05. The van der Waals surface area contributed by atoms with Gasteiger partial charge in [-0.2, -0.15) is 0 Å². The number of amides is 1. The number of carbonyl (C=O) groups is 2. The maximum Gasteiger partial charge on any atom is 0.326 e. The van der Waals surface area contributed by atoms with Gasteiger partial charge < -0.3 is 10.4 Å². The molecule has 0 spiro atoms. The summed E-state index contributed by atoms with van der Waals surface area (Å²) in [5.74, 6) is -1.39. The van der Waals surface area contributed by atoms with Crippen LogP contribution in [0.5, 0.6) is 0 Å². The normalized spacial score (nSPS) is 12.6. The highest BCUT2D eigenvalue weighted by Gasteiger charge is 2.19. The lowest BCUT2D eigenvalue weighted by atomic mass is 10.0. The molecular weight excluding hydrogens is 313 g/mol. The number of rotatable bonds is 6. The van der Waals surface area contributed by atoms with Crippen LogP contribution in [0.4, 0.5) is 0 Å². The molecule has 1 amide bonds. The van der Waals surface area contributed by atoms with Gasteiger partial charge in [-0.05, 0) is 30.5 Å². The van der Waals surface area contributed by atoms with Gasteiger partial charge in [0.25, 0.3) is 0 Å². The number of benzene rings is 1. The van der Waals surface area contributed by atoms with E-state index in [9.17, 15) is 9.59 Å². The fourth-order valence-electron chi connectivity index (χ4n) is 1.74. The molecule has 21 heavy (non-hydrogen) atoms. The van der Waals surface area contributed by atoms with Crippen molar-refractivity contribution in [2.24, 2.45) is 5.92 Å². The second kappa shape index (κ2) is 8.05. The van der Waals surface area contributed by atoms with Crippen molar-refractivity contribution in [1.29, 1.82) is 0 Å². The van der Waals surface area contributed by atoms with Gasteiger partial charge >= 0.3 is 5.97 Å². The first-order valence-electron chi connectivity index (χ1n) is 6.46. The van der Waals surface area contributed by atoms with Gasteiger partial charge in [-0.25, -0.2) is 4.79 Å². The summed E-state index contributed by atoms with van der Waals surface area (Å²) in [5.41, 5.74) is 0.520. The molecule has 0 radical (unpaired) electrons. The van der Waals surface area contributed by atoms with Gasteiger partial charge in [-0.3, -0.25) is 4.79 Å². The van der Waals surface area contributed by atoms with Crippen molar-refractivity contribution in [3.05, 3.63) is 39.9 Å². The number of nitrogens with one attached hydrogen (secondary N) is 1. The lowest BCUT2D eigenvalue weighted by Crippen LogP contribution is -2.40. The highest BCUT2D eigenvalue weighted by molar-refractivity contribution is 6.37. The predicted octanol–water partition coefficient (Wildman–Crippen LogP) is 3.62. The molecule has 0 fully saturated rings. The number of aliphatic carboxylic acids is 1. The lowest BCUT2D eigenvalue weighted by Gasteiger charge is -2.15. The topological polar surface area (TPSA) is 66.4 Å². The Kier molecular flexibility index (Phi) is 6.72. The van der Waals surface area contributed by atoms with E-state index in [1.807, 2.05) is 13.8 Å². The molecule has 0 saturated carbocycles. The molecule has 6 heteroatoms. The Balaban J connectivity index is 2.76. The number of hydrogen-bond acceptors (Lipinski definition) is 2. The van der Waals surface area contributed by atoms with Crippen molar-refractivity contribution < 1.29 is 14.7 Å². The van der Waals surface area contributed by atoms with Crippen LogP contribution < -0.4 is 5.32 Å². The third-order valence-electron chi connectivity index (χ3n) is 2.72. The van der Waals surface area contributed by atoms with Crippen LogP contribution >= 0.6 is 23.2 Å². The quantitative estimate of drug-likeness (QED) is 0.783. The average molecular weight is 330 g/mol. The summed E-state index contributed by atoms with van der Waals surface area (Å²) in [7, 11) is 0. The average Bonchev–Trinajstić information content (AvgIpc) is 2.36. The van der Waals surface area contributed by atoms with E-state index in [4.69, 9.17) is 28.3 Å². The van der Waals surface area contributed by atoms with Crippen LogP contribution in [-0.2, 0) is 9.59 Å². The number of carboxylic acid groups (broad SMARTS) is 1. The van der Waals surface area contributed by atoms with Crippen LogP contribution in [0.15, 0.2) is 24.3 Å². The fourth-order valence-corrected chi connectivity index (χ4v) is 2.27. The Morgan fingerprint density at radius 3 is 2.33 bits per heavy atom. The van der Waals surface area contributed by atoms with Crippen LogP contribution in [0.2, 0.25) is 10.0 Å². The van der Waals surface area contributed by atoms with Crippen LogP contribution in [0.1, 0.15) is 25.8 Å². The maximum absolute atomic E-state index is 11.8. The molecule has 0 aromatic heterocycles. The largest absolute Gasteiger partial charge is 0.480 e. The van der Waals surface area contributed by atoms with Gasteiger partial charge in [0.05, 0.1) is 0 Å². The molecule has 1 rings (SSSR count). The number of halogens is 2. The monoisotopic (exact) mass is 329 g/mol. The van der Waals surface area contributed by atoms with Crippen LogP contribution in [0, 0.1) is 5.92 Å². The zero-order chi connectivity index (χ0) is 16.0. The third kappa shape index (κ3) is 5.78. The van der Waals surface area contributed by atoms with Gasteiger partial charge in [-0.1, -0.05) is 43.1 Å². The standard InChI is InChI=1S/C15H17Cl2NO3/c1-9(2)8-13(15(20)21)18-14(19)7-6-10-11(16)4-3-5-12(10)17/h3-7,9,13H,8H2,1-2H3,(H,18,19)(H,20,21)/b7-6+/t13-/m0/s1. The Hall–Kier alpha value is -1.52. The smallest absolute Gasteiger partial charge is 0.326 e. The molecule has 1 atom stereocenters. The van der Waals surface area contributed by atoms with E-state index >= 15 is 0 Å². The molecular formula is C15H17Cl2NO3. The first-order chi connectivity index (χ1) is 9.81.